The van der Waals surface area contributed by atoms with Gasteiger partial charge in [-0.3, -0.25) is 9.69 Å². The van der Waals surface area contributed by atoms with Crippen LogP contribution in [-0.4, -0.2) is 78.1 Å². The Morgan fingerprint density at radius 3 is 2.56 bits per heavy atom. The standard InChI is InChI=1S/C26H34FN5O2.C2H6/c1-34-22-6-3-9-26(16-20(26)23(22)27)24(33)31-10-7-18-17-28-25(29-21(18)8-11-31)32-14-12-30(13-15-32)19-4-2-5-19;1-2/h3,9,17,19-20H,2,4-8,10-16H2,1H3;1-2H3. The molecule has 2 saturated carbocycles. The third kappa shape index (κ3) is 4.53. The number of amides is 1. The molecule has 1 aromatic heterocycles. The van der Waals surface area contributed by atoms with Crippen LogP contribution in [0.15, 0.2) is 29.9 Å². The molecule has 0 radical (unpaired) electrons. The molecule has 0 aromatic carbocycles. The van der Waals surface area contributed by atoms with E-state index < -0.39 is 5.41 Å². The Labute approximate surface area is 214 Å². The van der Waals surface area contributed by atoms with Crippen molar-refractivity contribution in [1.82, 2.24) is 19.8 Å². The van der Waals surface area contributed by atoms with Crippen molar-refractivity contribution in [1.29, 1.82) is 0 Å². The van der Waals surface area contributed by atoms with Crippen LogP contribution in [0.25, 0.3) is 0 Å². The fourth-order valence-corrected chi connectivity index (χ4v) is 6.09. The molecule has 1 amide bonds. The van der Waals surface area contributed by atoms with Gasteiger partial charge < -0.3 is 14.5 Å². The average Bonchev–Trinajstić information content (AvgIpc) is 3.66. The van der Waals surface area contributed by atoms with Crippen LogP contribution in [0.4, 0.5) is 10.3 Å². The number of aromatic nitrogens is 2. The lowest BCUT2D eigenvalue weighted by Crippen LogP contribution is -2.52. The van der Waals surface area contributed by atoms with Gasteiger partial charge in [-0.25, -0.2) is 14.4 Å². The molecule has 2 atom stereocenters. The quantitative estimate of drug-likeness (QED) is 0.588. The molecule has 0 N–H and O–H groups in total. The van der Waals surface area contributed by atoms with E-state index in [1.54, 1.807) is 0 Å². The van der Waals surface area contributed by atoms with E-state index in [-0.39, 0.29) is 17.7 Å². The zero-order chi connectivity index (χ0) is 25.3. The number of hydrogen-bond acceptors (Lipinski definition) is 6. The van der Waals surface area contributed by atoms with Gasteiger partial charge >= 0.3 is 0 Å². The van der Waals surface area contributed by atoms with Gasteiger partial charge in [0.05, 0.1) is 18.2 Å². The molecule has 3 fully saturated rings. The van der Waals surface area contributed by atoms with Crippen LogP contribution in [0.2, 0.25) is 0 Å². The van der Waals surface area contributed by atoms with Gasteiger partial charge in [-0.15, -0.1) is 0 Å². The number of fused-ring (bicyclic) bond motifs is 2. The normalized spacial score (nSPS) is 28.2. The van der Waals surface area contributed by atoms with Crippen molar-refractivity contribution in [2.24, 2.45) is 11.3 Å². The van der Waals surface area contributed by atoms with Gasteiger partial charge in [0, 0.05) is 70.3 Å². The largest absolute Gasteiger partial charge is 0.498 e. The van der Waals surface area contributed by atoms with E-state index in [0.29, 0.717) is 38.1 Å². The van der Waals surface area contributed by atoms with Gasteiger partial charge in [0.15, 0.2) is 0 Å². The summed E-state index contributed by atoms with van der Waals surface area (Å²) in [5, 5.41) is 0. The molecule has 0 bridgehead atoms. The zero-order valence-corrected chi connectivity index (χ0v) is 22.0. The molecule has 36 heavy (non-hydrogen) atoms. The number of piperazine rings is 1. The Morgan fingerprint density at radius 1 is 1.11 bits per heavy atom. The summed E-state index contributed by atoms with van der Waals surface area (Å²) in [6.07, 6.45) is 12.2. The second kappa shape index (κ2) is 10.5. The van der Waals surface area contributed by atoms with E-state index in [2.05, 4.69) is 9.80 Å². The molecule has 5 aliphatic rings. The number of carbonyl (C=O) groups is 1. The van der Waals surface area contributed by atoms with E-state index in [4.69, 9.17) is 14.7 Å². The van der Waals surface area contributed by atoms with Gasteiger partial charge in [0.2, 0.25) is 11.9 Å². The summed E-state index contributed by atoms with van der Waals surface area (Å²) in [5.74, 6) is 0.567. The van der Waals surface area contributed by atoms with Crippen LogP contribution in [0.5, 0.6) is 0 Å². The number of halogens is 1. The smallest absolute Gasteiger partial charge is 0.233 e. The first-order valence-electron chi connectivity index (χ1n) is 13.8. The lowest BCUT2D eigenvalue weighted by molar-refractivity contribution is -0.135. The second-order valence-corrected chi connectivity index (χ2v) is 10.4. The molecule has 2 unspecified atom stereocenters. The number of hydrogen-bond donors (Lipinski definition) is 0. The predicted octanol–water partition coefficient (Wildman–Crippen LogP) is 3.90. The highest BCUT2D eigenvalue weighted by Gasteiger charge is 2.62. The van der Waals surface area contributed by atoms with Crippen molar-refractivity contribution in [3.8, 4) is 0 Å². The van der Waals surface area contributed by atoms with Crippen LogP contribution in [0.3, 0.4) is 0 Å². The minimum absolute atomic E-state index is 0.0364. The fourth-order valence-electron chi connectivity index (χ4n) is 6.09. The van der Waals surface area contributed by atoms with Crippen LogP contribution in [-0.2, 0) is 22.4 Å². The average molecular weight is 498 g/mol. The van der Waals surface area contributed by atoms with Gasteiger partial charge in [0.1, 0.15) is 11.6 Å². The summed E-state index contributed by atoms with van der Waals surface area (Å²) in [6, 6.07) is 0.789. The van der Waals surface area contributed by atoms with Crippen LogP contribution in [0, 0.1) is 11.3 Å². The molecule has 2 aliphatic heterocycles. The number of allylic oxidation sites excluding steroid dienone is 2. The molecule has 7 nitrogen and oxygen atoms in total. The van der Waals surface area contributed by atoms with E-state index >= 15 is 0 Å². The first kappa shape index (κ1) is 25.2. The number of methoxy groups -OCH3 is 1. The molecule has 1 saturated heterocycles. The number of rotatable bonds is 4. The second-order valence-electron chi connectivity index (χ2n) is 10.4. The van der Waals surface area contributed by atoms with Crippen molar-refractivity contribution in [3.05, 3.63) is 41.2 Å². The van der Waals surface area contributed by atoms with Crippen LogP contribution in [0.1, 0.15) is 57.2 Å². The highest BCUT2D eigenvalue weighted by molar-refractivity contribution is 5.89. The number of carbonyl (C=O) groups excluding carboxylic acids is 1. The van der Waals surface area contributed by atoms with Crippen molar-refractivity contribution < 1.29 is 13.9 Å². The zero-order valence-electron chi connectivity index (χ0n) is 22.0. The Balaban J connectivity index is 0.00000130. The monoisotopic (exact) mass is 497 g/mol. The van der Waals surface area contributed by atoms with E-state index in [0.717, 1.165) is 55.8 Å². The lowest BCUT2D eigenvalue weighted by Gasteiger charge is -2.43. The van der Waals surface area contributed by atoms with Crippen molar-refractivity contribution in [2.75, 3.05) is 51.3 Å². The van der Waals surface area contributed by atoms with Gasteiger partial charge in [-0.05, 0) is 31.2 Å². The minimum atomic E-state index is -0.738. The summed E-state index contributed by atoms with van der Waals surface area (Å²) in [6.45, 7) is 9.35. The SMILES string of the molecule is CC.COC1=C(F)C2CC2(C(=O)N2CCc3cnc(N4CCN(C5CCC5)CC4)nc3CC2)C=CC1. The summed E-state index contributed by atoms with van der Waals surface area (Å²) in [7, 11) is 1.50. The maximum absolute atomic E-state index is 14.8. The predicted molar refractivity (Wildman–Crippen MR) is 138 cm³/mol. The summed E-state index contributed by atoms with van der Waals surface area (Å²) in [4.78, 5) is 30.0. The third-order valence-corrected chi connectivity index (χ3v) is 8.63. The van der Waals surface area contributed by atoms with E-state index in [9.17, 15) is 9.18 Å². The first-order chi connectivity index (χ1) is 17.6. The van der Waals surface area contributed by atoms with Crippen molar-refractivity contribution in [3.63, 3.8) is 0 Å². The fraction of sp³-hybridized carbons (Fsp3) is 0.679. The number of nitrogens with zero attached hydrogens (tertiary/aromatic N) is 5. The highest BCUT2D eigenvalue weighted by Crippen LogP contribution is 2.61. The van der Waals surface area contributed by atoms with Crippen molar-refractivity contribution in [2.45, 2.75) is 64.8 Å². The molecule has 3 aliphatic carbocycles. The Kier molecular flexibility index (Phi) is 7.33. The molecule has 6 rings (SSSR count). The molecule has 1 aromatic rings. The van der Waals surface area contributed by atoms with Gasteiger partial charge in [-0.1, -0.05) is 32.4 Å². The molecule has 3 heterocycles. The van der Waals surface area contributed by atoms with Crippen molar-refractivity contribution >= 4 is 11.9 Å². The summed E-state index contributed by atoms with van der Waals surface area (Å²) in [5.41, 5.74) is 1.44. The lowest BCUT2D eigenvalue weighted by atomic mass is 9.91. The van der Waals surface area contributed by atoms with E-state index in [1.807, 2.05) is 37.1 Å². The molecule has 8 heteroatoms. The highest BCUT2D eigenvalue weighted by atomic mass is 19.1. The maximum atomic E-state index is 14.8. The Morgan fingerprint density at radius 2 is 1.86 bits per heavy atom. The number of anilines is 1. The van der Waals surface area contributed by atoms with Gasteiger partial charge in [0.25, 0.3) is 0 Å². The Bertz CT molecular complexity index is 1030. The third-order valence-electron chi connectivity index (χ3n) is 8.63. The first-order valence-corrected chi connectivity index (χ1v) is 13.8. The number of ether oxygens (including phenoxy) is 1. The van der Waals surface area contributed by atoms with Crippen LogP contribution >= 0.6 is 0 Å². The maximum Gasteiger partial charge on any atom is 0.233 e. The minimum Gasteiger partial charge on any atom is -0.498 e. The molecule has 0 spiro atoms. The van der Waals surface area contributed by atoms with Gasteiger partial charge in [-0.2, -0.15) is 0 Å². The topological polar surface area (TPSA) is 61.8 Å². The van der Waals surface area contributed by atoms with Crippen LogP contribution < -0.4 is 4.90 Å². The summed E-state index contributed by atoms with van der Waals surface area (Å²) < 4.78 is 20.0. The van der Waals surface area contributed by atoms with E-state index in [1.165, 1.54) is 26.4 Å². The molecule has 196 valence electrons. The summed E-state index contributed by atoms with van der Waals surface area (Å²) >= 11 is 0. The molecular formula is C28H40FN5O2. The molecular weight excluding hydrogens is 457 g/mol. The Hall–Kier alpha value is -2.48.